The van der Waals surface area contributed by atoms with Gasteiger partial charge in [0.15, 0.2) is 6.29 Å². The second kappa shape index (κ2) is 12.9. The minimum atomic E-state index is -0.530. The molecule has 0 aliphatic carbocycles. The Morgan fingerprint density at radius 3 is 2.55 bits per heavy atom. The molecule has 200 valence electrons. The van der Waals surface area contributed by atoms with Crippen LogP contribution in [0.15, 0.2) is 47.8 Å². The van der Waals surface area contributed by atoms with E-state index in [1.54, 1.807) is 18.2 Å². The highest BCUT2D eigenvalue weighted by Gasteiger charge is 2.23. The highest BCUT2D eigenvalue weighted by atomic mass is 35.5. The summed E-state index contributed by atoms with van der Waals surface area (Å²) >= 11 is 7.63. The van der Waals surface area contributed by atoms with Gasteiger partial charge in [-0.15, -0.1) is 11.3 Å². The van der Waals surface area contributed by atoms with Gasteiger partial charge in [-0.05, 0) is 48.1 Å². The van der Waals surface area contributed by atoms with Gasteiger partial charge < -0.3 is 19.7 Å². The predicted molar refractivity (Wildman–Crippen MR) is 146 cm³/mol. The molecule has 4 rings (SSSR count). The van der Waals surface area contributed by atoms with E-state index in [9.17, 15) is 18.8 Å². The van der Waals surface area contributed by atoms with Gasteiger partial charge in [-0.2, -0.15) is 0 Å². The Morgan fingerprint density at radius 2 is 1.87 bits per heavy atom. The number of benzene rings is 2. The number of aldehydes is 1. The fourth-order valence-electron chi connectivity index (χ4n) is 4.18. The number of nitrogens with zero attached hydrogens (tertiary/aromatic N) is 1. The van der Waals surface area contributed by atoms with Gasteiger partial charge in [0, 0.05) is 32.1 Å². The molecule has 2 heterocycles. The molecule has 8 nitrogen and oxygen atoms in total. The summed E-state index contributed by atoms with van der Waals surface area (Å²) in [4.78, 5) is 39.0. The summed E-state index contributed by atoms with van der Waals surface area (Å²) in [6.45, 7) is 1.92. The molecular formula is C27H27ClFN3O5S. The Balaban J connectivity index is 1.20. The molecule has 2 N–H and O–H groups in total. The Morgan fingerprint density at radius 1 is 1.13 bits per heavy atom. The molecule has 2 amide bonds. The molecule has 1 fully saturated rings. The lowest BCUT2D eigenvalue weighted by Gasteiger charge is -2.31. The minimum absolute atomic E-state index is 0.210. The van der Waals surface area contributed by atoms with Crippen molar-refractivity contribution in [1.29, 1.82) is 0 Å². The topological polar surface area (TPSA) is 97.0 Å². The lowest BCUT2D eigenvalue weighted by molar-refractivity contribution is -0.116. The minimum Gasteiger partial charge on any atom is -0.496 e. The first-order valence-corrected chi connectivity index (χ1v) is 13.3. The number of hydrogen-bond acceptors (Lipinski definition) is 7. The van der Waals surface area contributed by atoms with Gasteiger partial charge >= 0.3 is 6.09 Å². The van der Waals surface area contributed by atoms with Crippen LogP contribution in [-0.2, 0) is 9.53 Å². The number of halogens is 2. The van der Waals surface area contributed by atoms with E-state index in [4.69, 9.17) is 21.1 Å². The van der Waals surface area contributed by atoms with E-state index in [1.165, 1.54) is 42.7 Å². The zero-order valence-electron chi connectivity index (χ0n) is 20.7. The predicted octanol–water partition coefficient (Wildman–Crippen LogP) is 6.07. The number of hydrogen-bond donors (Lipinski definition) is 2. The molecule has 3 aromatic rings. The van der Waals surface area contributed by atoms with E-state index in [0.29, 0.717) is 61.4 Å². The number of thiophene rings is 1. The summed E-state index contributed by atoms with van der Waals surface area (Å²) in [7, 11) is 1.44. The van der Waals surface area contributed by atoms with Crippen LogP contribution in [0.2, 0.25) is 5.02 Å². The molecule has 0 radical (unpaired) electrons. The number of amides is 2. The molecule has 2 aromatic carbocycles. The Bertz CT molecular complexity index is 1290. The molecule has 38 heavy (non-hydrogen) atoms. The number of likely N-dealkylation sites (tertiary alicyclic amines) is 1. The van der Waals surface area contributed by atoms with Crippen molar-refractivity contribution in [3.8, 4) is 16.2 Å². The maximum absolute atomic E-state index is 13.2. The largest absolute Gasteiger partial charge is 0.496 e. The summed E-state index contributed by atoms with van der Waals surface area (Å²) in [5.74, 6) is -0.198. The lowest BCUT2D eigenvalue weighted by Crippen LogP contribution is -2.39. The third-order valence-corrected chi connectivity index (χ3v) is 7.47. The number of methoxy groups -OCH3 is 1. The van der Waals surface area contributed by atoms with Crippen LogP contribution in [0.4, 0.5) is 20.6 Å². The Kier molecular flexibility index (Phi) is 9.33. The molecule has 0 bridgehead atoms. The molecule has 0 unspecified atom stereocenters. The van der Waals surface area contributed by atoms with Crippen LogP contribution >= 0.6 is 22.9 Å². The highest BCUT2D eigenvalue weighted by Crippen LogP contribution is 2.34. The zero-order valence-corrected chi connectivity index (χ0v) is 22.2. The van der Waals surface area contributed by atoms with Crippen LogP contribution in [0.3, 0.4) is 0 Å². The van der Waals surface area contributed by atoms with E-state index >= 15 is 0 Å². The number of anilines is 2. The van der Waals surface area contributed by atoms with Gasteiger partial charge in [0.05, 0.1) is 33.9 Å². The number of piperidine rings is 1. The number of nitrogens with one attached hydrogen (secondary N) is 2. The first kappa shape index (κ1) is 27.6. The smallest absolute Gasteiger partial charge is 0.411 e. The molecular weight excluding hydrogens is 533 g/mol. The van der Waals surface area contributed by atoms with E-state index < -0.39 is 6.09 Å². The summed E-state index contributed by atoms with van der Waals surface area (Å²) < 4.78 is 24.0. The molecule has 0 spiro atoms. The van der Waals surface area contributed by atoms with E-state index in [0.717, 1.165) is 10.4 Å². The highest BCUT2D eigenvalue weighted by molar-refractivity contribution is 7.14. The van der Waals surface area contributed by atoms with Crippen molar-refractivity contribution in [3.05, 3.63) is 64.2 Å². The van der Waals surface area contributed by atoms with Gasteiger partial charge in [0.25, 0.3) is 0 Å². The van der Waals surface area contributed by atoms with Crippen LogP contribution in [0.5, 0.6) is 5.75 Å². The quantitative estimate of drug-likeness (QED) is 0.309. The average Bonchev–Trinajstić information content (AvgIpc) is 3.37. The molecule has 1 aliphatic heterocycles. The van der Waals surface area contributed by atoms with Crippen molar-refractivity contribution in [1.82, 2.24) is 4.90 Å². The second-order valence-corrected chi connectivity index (χ2v) is 10.1. The molecule has 1 saturated heterocycles. The first-order chi connectivity index (χ1) is 18.4. The third-order valence-electron chi connectivity index (χ3n) is 6.19. The summed E-state index contributed by atoms with van der Waals surface area (Å²) in [5, 5.41) is 7.67. The van der Waals surface area contributed by atoms with Crippen LogP contribution in [0, 0.1) is 5.82 Å². The fraction of sp³-hybridized carbons (Fsp3) is 0.296. The molecule has 11 heteroatoms. The van der Waals surface area contributed by atoms with Gasteiger partial charge in [0.1, 0.15) is 17.7 Å². The normalized spacial score (nSPS) is 14.1. The Hall–Kier alpha value is -3.47. The maximum atomic E-state index is 13.2. The molecule has 1 aliphatic rings. The van der Waals surface area contributed by atoms with Crippen molar-refractivity contribution in [2.75, 3.05) is 37.4 Å². The summed E-state index contributed by atoms with van der Waals surface area (Å²) in [6.07, 6.45) is 1.44. The van der Waals surface area contributed by atoms with E-state index in [1.807, 2.05) is 5.38 Å². The SMILES string of the molecule is COc1cc(NC(=O)CCN2CCC(OC(=O)Nc3ccsc3-c3ccc(F)cc3)CC2)c(Cl)cc1C=O. The van der Waals surface area contributed by atoms with E-state index in [-0.39, 0.29) is 29.3 Å². The maximum Gasteiger partial charge on any atom is 0.411 e. The van der Waals surface area contributed by atoms with Gasteiger partial charge in [-0.1, -0.05) is 23.7 Å². The van der Waals surface area contributed by atoms with Crippen molar-refractivity contribution in [3.63, 3.8) is 0 Å². The Labute approximate surface area is 228 Å². The van der Waals surface area contributed by atoms with Gasteiger partial charge in [0.2, 0.25) is 5.91 Å². The molecule has 0 atom stereocenters. The van der Waals surface area contributed by atoms with Gasteiger partial charge in [-0.3, -0.25) is 14.9 Å². The van der Waals surface area contributed by atoms with Crippen molar-refractivity contribution >= 4 is 52.6 Å². The van der Waals surface area contributed by atoms with Crippen LogP contribution in [-0.4, -0.2) is 56.0 Å². The first-order valence-electron chi connectivity index (χ1n) is 12.0. The summed E-state index contributed by atoms with van der Waals surface area (Å²) in [5.41, 5.74) is 2.12. The molecule has 0 saturated carbocycles. The third kappa shape index (κ3) is 7.09. The number of ether oxygens (including phenoxy) is 2. The van der Waals surface area contributed by atoms with Crippen molar-refractivity contribution in [2.45, 2.75) is 25.4 Å². The summed E-state index contributed by atoms with van der Waals surface area (Å²) in [6, 6.07) is 10.9. The lowest BCUT2D eigenvalue weighted by atomic mass is 10.1. The monoisotopic (exact) mass is 559 g/mol. The van der Waals surface area contributed by atoms with Crippen LogP contribution in [0.25, 0.3) is 10.4 Å². The van der Waals surface area contributed by atoms with Gasteiger partial charge in [-0.25, -0.2) is 9.18 Å². The number of carbonyl (C=O) groups is 3. The second-order valence-electron chi connectivity index (χ2n) is 8.73. The van der Waals surface area contributed by atoms with E-state index in [2.05, 4.69) is 15.5 Å². The number of carbonyl (C=O) groups excluding carboxylic acids is 3. The van der Waals surface area contributed by atoms with Crippen molar-refractivity contribution < 1.29 is 28.2 Å². The standard InChI is InChI=1S/C27H27ClFN3O5S/c1-36-24-15-23(21(28)14-18(24)16-33)30-25(34)8-12-32-10-6-20(7-11-32)37-27(35)31-22-9-13-38-26(22)17-2-4-19(29)5-3-17/h2-5,9,13-16,20H,6-8,10-12H2,1H3,(H,30,34)(H,31,35). The fourth-order valence-corrected chi connectivity index (χ4v) is 5.26. The van der Waals surface area contributed by atoms with Crippen molar-refractivity contribution in [2.24, 2.45) is 0 Å². The average molecular weight is 560 g/mol. The molecule has 1 aromatic heterocycles. The van der Waals surface area contributed by atoms with Crippen LogP contribution < -0.4 is 15.4 Å². The number of rotatable bonds is 9. The zero-order chi connectivity index (χ0) is 27.1. The van der Waals surface area contributed by atoms with Crippen LogP contribution in [0.1, 0.15) is 29.6 Å².